The van der Waals surface area contributed by atoms with Gasteiger partial charge in [-0.1, -0.05) is 13.0 Å². The average Bonchev–Trinajstić information content (AvgIpc) is 2.30. The van der Waals surface area contributed by atoms with Gasteiger partial charge in [-0.05, 0) is 19.0 Å². The Kier molecular flexibility index (Phi) is 5.49. The maximum absolute atomic E-state index is 12.0. The van der Waals surface area contributed by atoms with E-state index < -0.39 is 0 Å². The van der Waals surface area contributed by atoms with Crippen LogP contribution < -0.4 is 5.32 Å². The lowest BCUT2D eigenvalue weighted by Gasteiger charge is -2.28. The van der Waals surface area contributed by atoms with Gasteiger partial charge in [-0.2, -0.15) is 0 Å². The SMILES string of the molecule is CNCC(C)C(=O)N1CC=C(COC)CC1. The molecule has 1 heterocycles. The van der Waals surface area contributed by atoms with Crippen LogP contribution in [0.2, 0.25) is 0 Å². The zero-order valence-corrected chi connectivity index (χ0v) is 10.5. The van der Waals surface area contributed by atoms with Crippen molar-refractivity contribution in [1.29, 1.82) is 0 Å². The first kappa shape index (κ1) is 13.2. The number of methoxy groups -OCH3 is 1. The highest BCUT2D eigenvalue weighted by Gasteiger charge is 2.21. The van der Waals surface area contributed by atoms with Crippen molar-refractivity contribution in [3.05, 3.63) is 11.6 Å². The van der Waals surface area contributed by atoms with Crippen LogP contribution in [-0.2, 0) is 9.53 Å². The molecule has 1 N–H and O–H groups in total. The number of hydrogen-bond donors (Lipinski definition) is 1. The quantitative estimate of drug-likeness (QED) is 0.700. The summed E-state index contributed by atoms with van der Waals surface area (Å²) in [6.45, 7) is 4.94. The predicted octanol–water partition coefficient (Wildman–Crippen LogP) is 0.647. The third-order valence-electron chi connectivity index (χ3n) is 2.88. The molecule has 4 nitrogen and oxygen atoms in total. The number of nitrogens with zero attached hydrogens (tertiary/aromatic N) is 1. The molecule has 0 spiro atoms. The molecule has 1 amide bonds. The second-order valence-corrected chi connectivity index (χ2v) is 4.29. The Balaban J connectivity index is 2.43. The van der Waals surface area contributed by atoms with E-state index in [1.54, 1.807) is 7.11 Å². The minimum Gasteiger partial charge on any atom is -0.380 e. The molecule has 0 aromatic heterocycles. The summed E-state index contributed by atoms with van der Waals surface area (Å²) in [7, 11) is 3.57. The van der Waals surface area contributed by atoms with Gasteiger partial charge in [0.2, 0.25) is 5.91 Å². The first-order valence-corrected chi connectivity index (χ1v) is 5.79. The zero-order valence-electron chi connectivity index (χ0n) is 10.5. The molecular weight excluding hydrogens is 204 g/mol. The van der Waals surface area contributed by atoms with Gasteiger partial charge >= 0.3 is 0 Å². The third-order valence-corrected chi connectivity index (χ3v) is 2.88. The van der Waals surface area contributed by atoms with Crippen molar-refractivity contribution in [3.63, 3.8) is 0 Å². The Bertz CT molecular complexity index is 264. The number of nitrogens with one attached hydrogen (secondary N) is 1. The largest absolute Gasteiger partial charge is 0.380 e. The molecule has 0 bridgehead atoms. The Labute approximate surface area is 97.6 Å². The molecule has 1 unspecified atom stereocenters. The molecule has 0 saturated carbocycles. The minimum absolute atomic E-state index is 0.0578. The van der Waals surface area contributed by atoms with Crippen LogP contribution in [0, 0.1) is 5.92 Å². The monoisotopic (exact) mass is 226 g/mol. The molecule has 16 heavy (non-hydrogen) atoms. The molecule has 0 aromatic rings. The summed E-state index contributed by atoms with van der Waals surface area (Å²) in [5.41, 5.74) is 1.30. The summed E-state index contributed by atoms with van der Waals surface area (Å²) in [5.74, 6) is 0.296. The molecule has 1 rings (SSSR count). The van der Waals surface area contributed by atoms with Gasteiger partial charge in [0, 0.05) is 32.7 Å². The van der Waals surface area contributed by atoms with Crippen LogP contribution in [-0.4, -0.2) is 51.2 Å². The maximum atomic E-state index is 12.0. The van der Waals surface area contributed by atoms with Gasteiger partial charge in [0.1, 0.15) is 0 Å². The summed E-state index contributed by atoms with van der Waals surface area (Å²) < 4.78 is 5.08. The Morgan fingerprint density at radius 3 is 2.94 bits per heavy atom. The van der Waals surface area contributed by atoms with Gasteiger partial charge in [-0.3, -0.25) is 4.79 Å². The fraction of sp³-hybridized carbons (Fsp3) is 0.750. The fourth-order valence-electron chi connectivity index (χ4n) is 1.93. The van der Waals surface area contributed by atoms with Crippen molar-refractivity contribution in [3.8, 4) is 0 Å². The highest BCUT2D eigenvalue weighted by Crippen LogP contribution is 2.13. The highest BCUT2D eigenvalue weighted by atomic mass is 16.5. The van der Waals surface area contributed by atoms with Crippen molar-refractivity contribution >= 4 is 5.91 Å². The number of ether oxygens (including phenoxy) is 1. The van der Waals surface area contributed by atoms with E-state index in [-0.39, 0.29) is 11.8 Å². The minimum atomic E-state index is 0.0578. The van der Waals surface area contributed by atoms with Gasteiger partial charge in [0.05, 0.1) is 6.61 Å². The first-order chi connectivity index (χ1) is 7.69. The summed E-state index contributed by atoms with van der Waals surface area (Å²) >= 11 is 0. The second-order valence-electron chi connectivity index (χ2n) is 4.29. The van der Waals surface area contributed by atoms with Gasteiger partial charge in [-0.15, -0.1) is 0 Å². The molecule has 92 valence electrons. The van der Waals surface area contributed by atoms with E-state index in [1.807, 2.05) is 18.9 Å². The summed E-state index contributed by atoms with van der Waals surface area (Å²) in [4.78, 5) is 13.9. The molecular formula is C12H22N2O2. The van der Waals surface area contributed by atoms with Crippen LogP contribution in [0.5, 0.6) is 0 Å². The standard InChI is InChI=1S/C12H22N2O2/c1-10(8-13-2)12(15)14-6-4-11(5-7-14)9-16-3/h4,10,13H,5-9H2,1-3H3. The normalized spacial score (nSPS) is 18.2. The topological polar surface area (TPSA) is 41.6 Å². The number of carbonyl (C=O) groups is 1. The number of rotatable bonds is 5. The number of hydrogen-bond acceptors (Lipinski definition) is 3. The molecule has 0 radical (unpaired) electrons. The summed E-state index contributed by atoms with van der Waals surface area (Å²) in [5, 5.41) is 3.03. The molecule has 4 heteroatoms. The number of carbonyl (C=O) groups excluding carboxylic acids is 1. The van der Waals surface area contributed by atoms with Crippen LogP contribution >= 0.6 is 0 Å². The highest BCUT2D eigenvalue weighted by molar-refractivity contribution is 5.79. The van der Waals surface area contributed by atoms with Gasteiger partial charge in [0.15, 0.2) is 0 Å². The predicted molar refractivity (Wildman–Crippen MR) is 64.2 cm³/mol. The molecule has 1 atom stereocenters. The van der Waals surface area contributed by atoms with Crippen molar-refractivity contribution in [2.75, 3.05) is 40.4 Å². The number of amides is 1. The lowest BCUT2D eigenvalue weighted by molar-refractivity contribution is -0.134. The van der Waals surface area contributed by atoms with Gasteiger partial charge in [0.25, 0.3) is 0 Å². The second kappa shape index (κ2) is 6.66. The Morgan fingerprint density at radius 2 is 2.44 bits per heavy atom. The Morgan fingerprint density at radius 1 is 1.69 bits per heavy atom. The van der Waals surface area contributed by atoms with Gasteiger partial charge in [-0.25, -0.2) is 0 Å². The lowest BCUT2D eigenvalue weighted by atomic mass is 10.1. The van der Waals surface area contributed by atoms with Crippen LogP contribution in [0.4, 0.5) is 0 Å². The first-order valence-electron chi connectivity index (χ1n) is 5.79. The fourth-order valence-corrected chi connectivity index (χ4v) is 1.93. The molecule has 0 saturated heterocycles. The molecule has 0 aliphatic carbocycles. The van der Waals surface area contributed by atoms with E-state index in [2.05, 4.69) is 11.4 Å². The average molecular weight is 226 g/mol. The van der Waals surface area contributed by atoms with Crippen molar-refractivity contribution < 1.29 is 9.53 Å². The van der Waals surface area contributed by atoms with Crippen molar-refractivity contribution in [2.24, 2.45) is 5.92 Å². The lowest BCUT2D eigenvalue weighted by Crippen LogP contribution is -2.41. The van der Waals surface area contributed by atoms with Gasteiger partial charge < -0.3 is 15.0 Å². The van der Waals surface area contributed by atoms with E-state index in [1.165, 1.54) is 5.57 Å². The third kappa shape index (κ3) is 3.61. The van der Waals surface area contributed by atoms with Crippen molar-refractivity contribution in [2.45, 2.75) is 13.3 Å². The van der Waals surface area contributed by atoms with E-state index in [4.69, 9.17) is 4.74 Å². The molecule has 1 aliphatic rings. The Hall–Kier alpha value is -0.870. The maximum Gasteiger partial charge on any atom is 0.226 e. The summed E-state index contributed by atoms with van der Waals surface area (Å²) in [6.07, 6.45) is 3.04. The van der Waals surface area contributed by atoms with E-state index in [9.17, 15) is 4.79 Å². The molecule has 0 aromatic carbocycles. The molecule has 0 fully saturated rings. The van der Waals surface area contributed by atoms with Crippen LogP contribution in [0.1, 0.15) is 13.3 Å². The van der Waals surface area contributed by atoms with Crippen LogP contribution in [0.25, 0.3) is 0 Å². The smallest absolute Gasteiger partial charge is 0.226 e. The zero-order chi connectivity index (χ0) is 12.0. The van der Waals surface area contributed by atoms with E-state index in [0.29, 0.717) is 6.61 Å². The van der Waals surface area contributed by atoms with E-state index >= 15 is 0 Å². The van der Waals surface area contributed by atoms with Crippen LogP contribution in [0.15, 0.2) is 11.6 Å². The van der Waals surface area contributed by atoms with E-state index in [0.717, 1.165) is 26.1 Å². The summed E-state index contributed by atoms with van der Waals surface area (Å²) in [6, 6.07) is 0. The molecule has 1 aliphatic heterocycles. The van der Waals surface area contributed by atoms with Crippen LogP contribution in [0.3, 0.4) is 0 Å². The van der Waals surface area contributed by atoms with Crippen molar-refractivity contribution in [1.82, 2.24) is 10.2 Å².